The zero-order valence-corrected chi connectivity index (χ0v) is 9.12. The SMILES string of the molecule is CCN(CC)c1cc(CO)cc(C)n1. The number of hydrogen-bond acceptors (Lipinski definition) is 3. The molecule has 0 aliphatic carbocycles. The molecule has 0 bridgehead atoms. The Labute approximate surface area is 85.4 Å². The quantitative estimate of drug-likeness (QED) is 0.793. The zero-order valence-electron chi connectivity index (χ0n) is 9.12. The molecule has 1 aromatic rings. The molecule has 3 nitrogen and oxygen atoms in total. The lowest BCUT2D eigenvalue weighted by atomic mass is 10.2. The van der Waals surface area contributed by atoms with Crippen molar-refractivity contribution in [3.05, 3.63) is 23.4 Å². The van der Waals surface area contributed by atoms with E-state index in [-0.39, 0.29) is 6.61 Å². The van der Waals surface area contributed by atoms with Crippen molar-refractivity contribution in [3.8, 4) is 0 Å². The molecule has 0 unspecified atom stereocenters. The number of aliphatic hydroxyl groups is 1. The van der Waals surface area contributed by atoms with Crippen LogP contribution in [0.1, 0.15) is 25.1 Å². The molecule has 78 valence electrons. The lowest BCUT2D eigenvalue weighted by Crippen LogP contribution is -2.23. The monoisotopic (exact) mass is 194 g/mol. The van der Waals surface area contributed by atoms with Crippen molar-refractivity contribution < 1.29 is 5.11 Å². The predicted octanol–water partition coefficient (Wildman–Crippen LogP) is 1.73. The van der Waals surface area contributed by atoms with Crippen LogP contribution in [-0.2, 0) is 6.61 Å². The molecule has 0 radical (unpaired) electrons. The topological polar surface area (TPSA) is 36.4 Å². The lowest BCUT2D eigenvalue weighted by Gasteiger charge is -2.20. The second kappa shape index (κ2) is 4.96. The summed E-state index contributed by atoms with van der Waals surface area (Å²) in [6, 6.07) is 3.85. The van der Waals surface area contributed by atoms with Crippen LogP contribution in [0.2, 0.25) is 0 Å². The van der Waals surface area contributed by atoms with E-state index in [0.717, 1.165) is 30.2 Å². The second-order valence-electron chi connectivity index (χ2n) is 3.31. The van der Waals surface area contributed by atoms with Crippen LogP contribution in [0.25, 0.3) is 0 Å². The highest BCUT2D eigenvalue weighted by Crippen LogP contribution is 2.14. The molecule has 1 heterocycles. The molecular formula is C11H18N2O. The Morgan fingerprint density at radius 2 is 1.93 bits per heavy atom. The summed E-state index contributed by atoms with van der Waals surface area (Å²) in [5, 5.41) is 9.07. The maximum Gasteiger partial charge on any atom is 0.129 e. The second-order valence-corrected chi connectivity index (χ2v) is 3.31. The highest BCUT2D eigenvalue weighted by molar-refractivity contribution is 5.42. The van der Waals surface area contributed by atoms with Gasteiger partial charge < -0.3 is 10.0 Å². The highest BCUT2D eigenvalue weighted by atomic mass is 16.3. The molecule has 0 saturated heterocycles. The van der Waals surface area contributed by atoms with Crippen LogP contribution < -0.4 is 4.90 Å². The minimum Gasteiger partial charge on any atom is -0.392 e. The third kappa shape index (κ3) is 2.45. The molecule has 0 fully saturated rings. The van der Waals surface area contributed by atoms with Gasteiger partial charge in [-0.05, 0) is 38.5 Å². The van der Waals surface area contributed by atoms with Crippen LogP contribution in [-0.4, -0.2) is 23.2 Å². The number of aliphatic hydroxyl groups excluding tert-OH is 1. The minimum atomic E-state index is 0.0810. The Kier molecular flexibility index (Phi) is 3.89. The summed E-state index contributed by atoms with van der Waals surface area (Å²) in [4.78, 5) is 6.61. The Balaban J connectivity index is 3.01. The van der Waals surface area contributed by atoms with Gasteiger partial charge in [0.1, 0.15) is 5.82 Å². The molecule has 0 aliphatic rings. The minimum absolute atomic E-state index is 0.0810. The first-order valence-corrected chi connectivity index (χ1v) is 5.04. The molecule has 0 atom stereocenters. The number of nitrogens with zero attached hydrogens (tertiary/aromatic N) is 2. The summed E-state index contributed by atoms with van der Waals surface area (Å²) in [5.74, 6) is 0.957. The fourth-order valence-corrected chi connectivity index (χ4v) is 1.52. The van der Waals surface area contributed by atoms with Crippen molar-refractivity contribution in [2.24, 2.45) is 0 Å². The van der Waals surface area contributed by atoms with Gasteiger partial charge in [-0.25, -0.2) is 4.98 Å². The fraction of sp³-hybridized carbons (Fsp3) is 0.545. The van der Waals surface area contributed by atoms with Crippen LogP contribution in [0.4, 0.5) is 5.82 Å². The number of aryl methyl sites for hydroxylation is 1. The first kappa shape index (κ1) is 11.0. The summed E-state index contributed by atoms with van der Waals surface area (Å²) in [5.41, 5.74) is 1.89. The van der Waals surface area contributed by atoms with Gasteiger partial charge in [0.15, 0.2) is 0 Å². The van der Waals surface area contributed by atoms with E-state index in [1.54, 1.807) is 0 Å². The van der Waals surface area contributed by atoms with E-state index < -0.39 is 0 Å². The number of aromatic nitrogens is 1. The molecule has 0 amide bonds. The van der Waals surface area contributed by atoms with Crippen LogP contribution in [0, 0.1) is 6.92 Å². The zero-order chi connectivity index (χ0) is 10.6. The van der Waals surface area contributed by atoms with Gasteiger partial charge in [0, 0.05) is 18.8 Å². The maximum absolute atomic E-state index is 9.07. The van der Waals surface area contributed by atoms with E-state index in [1.807, 2.05) is 19.1 Å². The molecule has 0 spiro atoms. The van der Waals surface area contributed by atoms with Crippen LogP contribution in [0.15, 0.2) is 12.1 Å². The summed E-state index contributed by atoms with van der Waals surface area (Å²) < 4.78 is 0. The number of anilines is 1. The summed E-state index contributed by atoms with van der Waals surface area (Å²) in [6.45, 7) is 8.12. The Morgan fingerprint density at radius 3 is 2.43 bits per heavy atom. The summed E-state index contributed by atoms with van der Waals surface area (Å²) in [7, 11) is 0. The molecule has 0 saturated carbocycles. The fourth-order valence-electron chi connectivity index (χ4n) is 1.52. The molecule has 0 aromatic carbocycles. The predicted molar refractivity (Wildman–Crippen MR) is 58.5 cm³/mol. The largest absolute Gasteiger partial charge is 0.392 e. The molecular weight excluding hydrogens is 176 g/mol. The molecule has 1 aromatic heterocycles. The van der Waals surface area contributed by atoms with Crippen molar-refractivity contribution in [1.82, 2.24) is 4.98 Å². The molecule has 3 heteroatoms. The van der Waals surface area contributed by atoms with Gasteiger partial charge in [0.05, 0.1) is 6.61 Å². The molecule has 14 heavy (non-hydrogen) atoms. The number of hydrogen-bond donors (Lipinski definition) is 1. The molecule has 1 rings (SSSR count). The third-order valence-corrected chi connectivity index (χ3v) is 2.27. The van der Waals surface area contributed by atoms with Crippen molar-refractivity contribution >= 4 is 5.82 Å². The Morgan fingerprint density at radius 1 is 1.29 bits per heavy atom. The molecule has 1 N–H and O–H groups in total. The van der Waals surface area contributed by atoms with E-state index in [0.29, 0.717) is 0 Å². The molecule has 0 aliphatic heterocycles. The average Bonchev–Trinajstić information content (AvgIpc) is 2.19. The van der Waals surface area contributed by atoms with Gasteiger partial charge in [-0.2, -0.15) is 0 Å². The first-order chi connectivity index (χ1) is 6.71. The van der Waals surface area contributed by atoms with Crippen molar-refractivity contribution in [1.29, 1.82) is 0 Å². The highest BCUT2D eigenvalue weighted by Gasteiger charge is 2.05. The van der Waals surface area contributed by atoms with Crippen molar-refractivity contribution in [3.63, 3.8) is 0 Å². The summed E-state index contributed by atoms with van der Waals surface area (Å²) >= 11 is 0. The van der Waals surface area contributed by atoms with E-state index in [1.165, 1.54) is 0 Å². The Bertz CT molecular complexity index is 295. The first-order valence-electron chi connectivity index (χ1n) is 5.04. The maximum atomic E-state index is 9.07. The summed E-state index contributed by atoms with van der Waals surface area (Å²) in [6.07, 6.45) is 0. The third-order valence-electron chi connectivity index (χ3n) is 2.27. The van der Waals surface area contributed by atoms with E-state index >= 15 is 0 Å². The van der Waals surface area contributed by atoms with Crippen LogP contribution >= 0.6 is 0 Å². The van der Waals surface area contributed by atoms with Gasteiger partial charge in [0.2, 0.25) is 0 Å². The number of rotatable bonds is 4. The average molecular weight is 194 g/mol. The van der Waals surface area contributed by atoms with Crippen LogP contribution in [0.5, 0.6) is 0 Å². The standard InChI is InChI=1S/C11H18N2O/c1-4-13(5-2)11-7-10(8-14)6-9(3)12-11/h6-7,14H,4-5,8H2,1-3H3. The van der Waals surface area contributed by atoms with Crippen molar-refractivity contribution in [2.45, 2.75) is 27.4 Å². The normalized spacial score (nSPS) is 10.3. The number of pyridine rings is 1. The van der Waals surface area contributed by atoms with E-state index in [9.17, 15) is 0 Å². The van der Waals surface area contributed by atoms with Gasteiger partial charge in [-0.1, -0.05) is 0 Å². The smallest absolute Gasteiger partial charge is 0.129 e. The van der Waals surface area contributed by atoms with Gasteiger partial charge in [-0.3, -0.25) is 0 Å². The van der Waals surface area contributed by atoms with Crippen molar-refractivity contribution in [2.75, 3.05) is 18.0 Å². The van der Waals surface area contributed by atoms with E-state index in [2.05, 4.69) is 23.7 Å². The van der Waals surface area contributed by atoms with Gasteiger partial charge in [0.25, 0.3) is 0 Å². The lowest BCUT2D eigenvalue weighted by molar-refractivity contribution is 0.281. The van der Waals surface area contributed by atoms with Crippen LogP contribution in [0.3, 0.4) is 0 Å². The van der Waals surface area contributed by atoms with E-state index in [4.69, 9.17) is 5.11 Å². The Hall–Kier alpha value is -1.09. The van der Waals surface area contributed by atoms with Gasteiger partial charge >= 0.3 is 0 Å². The van der Waals surface area contributed by atoms with Gasteiger partial charge in [-0.15, -0.1) is 0 Å².